The molecule has 76 valence electrons. The van der Waals surface area contributed by atoms with Crippen LogP contribution in [0, 0.1) is 5.82 Å². The van der Waals surface area contributed by atoms with Gasteiger partial charge in [-0.25, -0.2) is 4.39 Å². The molecule has 2 aromatic rings. The largest absolute Gasteiger partial charge is 0.342 e. The molecule has 0 aliphatic rings. The molecule has 0 amide bonds. The topological polar surface area (TPSA) is 17.3 Å². The number of aryl methyl sites for hydroxylation is 1. The Morgan fingerprint density at radius 1 is 1.47 bits per heavy atom. The van der Waals surface area contributed by atoms with Crippen molar-refractivity contribution in [2.24, 2.45) is 12.0 Å². The molecule has 1 aromatic carbocycles. The zero-order valence-electron chi connectivity index (χ0n) is 8.50. The molecule has 0 saturated heterocycles. The highest BCUT2D eigenvalue weighted by Crippen LogP contribution is 2.25. The number of aromatic nitrogens is 1. The Bertz CT molecular complexity index is 552. The number of rotatable bonds is 2. The maximum atomic E-state index is 13.5. The van der Waals surface area contributed by atoms with Crippen LogP contribution in [0.1, 0.15) is 5.69 Å². The molecule has 3 heteroatoms. The van der Waals surface area contributed by atoms with Gasteiger partial charge in [0.2, 0.25) is 0 Å². The van der Waals surface area contributed by atoms with Gasteiger partial charge < -0.3 is 4.57 Å². The lowest BCUT2D eigenvalue weighted by atomic mass is 10.2. The van der Waals surface area contributed by atoms with Crippen LogP contribution in [-0.4, -0.2) is 11.3 Å². The maximum absolute atomic E-state index is 13.5. The second-order valence-electron chi connectivity index (χ2n) is 3.37. The van der Waals surface area contributed by atoms with Gasteiger partial charge in [0.15, 0.2) is 0 Å². The normalized spacial score (nSPS) is 10.5. The number of fused-ring (bicyclic) bond motifs is 1. The van der Waals surface area contributed by atoms with Crippen molar-refractivity contribution < 1.29 is 4.39 Å². The van der Waals surface area contributed by atoms with Gasteiger partial charge in [0.05, 0.1) is 16.9 Å². The number of nitrogens with zero attached hydrogens (tertiary/aromatic N) is 2. The molecule has 1 heterocycles. The lowest BCUT2D eigenvalue weighted by Crippen LogP contribution is -1.92. The van der Waals surface area contributed by atoms with Gasteiger partial charge in [0, 0.05) is 12.4 Å². The van der Waals surface area contributed by atoms with Crippen LogP contribution in [0.3, 0.4) is 0 Å². The molecular weight excluding hydrogens is 191 g/mol. The van der Waals surface area contributed by atoms with E-state index in [1.807, 2.05) is 17.7 Å². The van der Waals surface area contributed by atoms with Gasteiger partial charge in [-0.15, -0.1) is 0 Å². The van der Waals surface area contributed by atoms with Crippen molar-refractivity contribution in [2.45, 2.75) is 0 Å². The van der Waals surface area contributed by atoms with Crippen molar-refractivity contribution in [1.82, 2.24) is 4.57 Å². The van der Waals surface area contributed by atoms with Gasteiger partial charge in [-0.1, -0.05) is 12.6 Å². The molecule has 0 unspecified atom stereocenters. The van der Waals surface area contributed by atoms with Crippen LogP contribution in [0.4, 0.5) is 4.39 Å². The van der Waals surface area contributed by atoms with Gasteiger partial charge in [-0.3, -0.25) is 4.99 Å². The van der Waals surface area contributed by atoms with Gasteiger partial charge >= 0.3 is 0 Å². The molecule has 0 atom stereocenters. The summed E-state index contributed by atoms with van der Waals surface area (Å²) >= 11 is 0. The van der Waals surface area contributed by atoms with Crippen molar-refractivity contribution in [3.05, 3.63) is 42.4 Å². The standard InChI is InChI=1S/C12H11FN2/c1-8(14-2)12-7-9-10(13)5-4-6-11(9)15(12)3/h4-7H,1-2H2,3H3. The third-order valence-electron chi connectivity index (χ3n) is 2.52. The van der Waals surface area contributed by atoms with E-state index in [2.05, 4.69) is 18.3 Å². The molecule has 0 aliphatic heterocycles. The van der Waals surface area contributed by atoms with Crippen molar-refractivity contribution in [1.29, 1.82) is 0 Å². The van der Waals surface area contributed by atoms with Gasteiger partial charge in [0.1, 0.15) is 5.82 Å². The lowest BCUT2D eigenvalue weighted by molar-refractivity contribution is 0.640. The van der Waals surface area contributed by atoms with Gasteiger partial charge in [0.25, 0.3) is 0 Å². The summed E-state index contributed by atoms with van der Waals surface area (Å²) < 4.78 is 15.3. The van der Waals surface area contributed by atoms with E-state index >= 15 is 0 Å². The summed E-state index contributed by atoms with van der Waals surface area (Å²) in [6.45, 7) is 7.17. The van der Waals surface area contributed by atoms with Crippen molar-refractivity contribution >= 4 is 23.3 Å². The second-order valence-corrected chi connectivity index (χ2v) is 3.37. The smallest absolute Gasteiger partial charge is 0.132 e. The highest BCUT2D eigenvalue weighted by Gasteiger charge is 2.10. The third-order valence-corrected chi connectivity index (χ3v) is 2.52. The fourth-order valence-corrected chi connectivity index (χ4v) is 1.68. The predicted molar refractivity (Wildman–Crippen MR) is 61.5 cm³/mol. The number of hydrogen-bond acceptors (Lipinski definition) is 1. The molecule has 15 heavy (non-hydrogen) atoms. The average Bonchev–Trinajstić information content (AvgIpc) is 2.57. The summed E-state index contributed by atoms with van der Waals surface area (Å²) in [6.07, 6.45) is 0. The highest BCUT2D eigenvalue weighted by atomic mass is 19.1. The van der Waals surface area contributed by atoms with E-state index in [0.717, 1.165) is 11.2 Å². The minimum atomic E-state index is -0.230. The fraction of sp³-hybridized carbons (Fsp3) is 0.0833. The first-order chi connectivity index (χ1) is 7.15. The number of aliphatic imine (C=N–C) groups is 1. The van der Waals surface area contributed by atoms with Crippen LogP contribution >= 0.6 is 0 Å². The minimum Gasteiger partial charge on any atom is -0.342 e. The molecule has 2 nitrogen and oxygen atoms in total. The van der Waals surface area contributed by atoms with E-state index < -0.39 is 0 Å². The molecular formula is C12H11FN2. The van der Waals surface area contributed by atoms with Crippen LogP contribution in [0.25, 0.3) is 16.6 Å². The molecule has 0 aliphatic carbocycles. The molecule has 1 aromatic heterocycles. The lowest BCUT2D eigenvalue weighted by Gasteiger charge is -2.02. The first kappa shape index (κ1) is 9.65. The van der Waals surface area contributed by atoms with Crippen molar-refractivity contribution in [3.63, 3.8) is 0 Å². The Hall–Kier alpha value is -1.90. The van der Waals surface area contributed by atoms with Crippen molar-refractivity contribution in [3.8, 4) is 0 Å². The summed E-state index contributed by atoms with van der Waals surface area (Å²) in [5, 5.41) is 0.583. The molecule has 0 bridgehead atoms. The molecule has 0 spiro atoms. The summed E-state index contributed by atoms with van der Waals surface area (Å²) in [5.41, 5.74) is 2.16. The quantitative estimate of drug-likeness (QED) is 0.666. The van der Waals surface area contributed by atoms with E-state index in [1.165, 1.54) is 6.07 Å². The molecule has 0 fully saturated rings. The Kier molecular flexibility index (Phi) is 2.15. The third kappa shape index (κ3) is 1.36. The van der Waals surface area contributed by atoms with E-state index in [4.69, 9.17) is 0 Å². The van der Waals surface area contributed by atoms with E-state index in [0.29, 0.717) is 11.1 Å². The van der Waals surface area contributed by atoms with Crippen molar-refractivity contribution in [2.75, 3.05) is 0 Å². The summed E-state index contributed by atoms with van der Waals surface area (Å²) in [4.78, 5) is 3.76. The zero-order chi connectivity index (χ0) is 11.0. The minimum absolute atomic E-state index is 0.230. The summed E-state index contributed by atoms with van der Waals surface area (Å²) in [7, 11) is 1.85. The van der Waals surface area contributed by atoms with Crippen LogP contribution in [0.5, 0.6) is 0 Å². The van der Waals surface area contributed by atoms with E-state index in [9.17, 15) is 4.39 Å². The summed E-state index contributed by atoms with van der Waals surface area (Å²) in [6, 6.07) is 6.72. The Labute approximate surface area is 87.4 Å². The molecule has 0 saturated carbocycles. The van der Waals surface area contributed by atoms with Crippen LogP contribution in [0.2, 0.25) is 0 Å². The summed E-state index contributed by atoms with van der Waals surface area (Å²) in [5.74, 6) is -0.230. The number of benzene rings is 1. The van der Waals surface area contributed by atoms with Crippen LogP contribution in [-0.2, 0) is 7.05 Å². The van der Waals surface area contributed by atoms with Gasteiger partial charge in [-0.2, -0.15) is 0 Å². The Morgan fingerprint density at radius 2 is 2.20 bits per heavy atom. The zero-order valence-corrected chi connectivity index (χ0v) is 8.50. The molecule has 0 radical (unpaired) electrons. The first-order valence-electron chi connectivity index (χ1n) is 4.55. The number of hydrogen-bond donors (Lipinski definition) is 0. The van der Waals surface area contributed by atoms with E-state index in [1.54, 1.807) is 12.1 Å². The highest BCUT2D eigenvalue weighted by molar-refractivity contribution is 5.86. The first-order valence-corrected chi connectivity index (χ1v) is 4.55. The average molecular weight is 202 g/mol. The number of halogens is 1. The Morgan fingerprint density at radius 3 is 2.80 bits per heavy atom. The fourth-order valence-electron chi connectivity index (χ4n) is 1.68. The predicted octanol–water partition coefficient (Wildman–Crippen LogP) is 2.99. The van der Waals surface area contributed by atoms with Gasteiger partial charge in [-0.05, 0) is 24.9 Å². The van der Waals surface area contributed by atoms with E-state index in [-0.39, 0.29) is 5.82 Å². The van der Waals surface area contributed by atoms with Crippen LogP contribution < -0.4 is 0 Å². The maximum Gasteiger partial charge on any atom is 0.132 e. The van der Waals surface area contributed by atoms with Crippen LogP contribution in [0.15, 0.2) is 35.8 Å². The SMILES string of the molecule is C=NC(=C)c1cc2c(F)cccc2n1C. The molecule has 0 N–H and O–H groups in total. The Balaban J connectivity index is 2.80. The second kappa shape index (κ2) is 3.35. The monoisotopic (exact) mass is 202 g/mol. The molecule has 2 rings (SSSR count).